The molecule has 7 nitrogen and oxygen atoms in total. The molecule has 0 aromatic carbocycles. The Morgan fingerprint density at radius 1 is 1.03 bits per heavy atom. The molecular weight excluding hydrogens is 444 g/mol. The fourth-order valence-electron chi connectivity index (χ4n) is 5.14. The van der Waals surface area contributed by atoms with Gasteiger partial charge in [-0.25, -0.2) is 4.98 Å². The Morgan fingerprint density at radius 3 is 2.59 bits per heavy atom. The highest BCUT2D eigenvalue weighted by Gasteiger charge is 2.41. The van der Waals surface area contributed by atoms with E-state index in [4.69, 9.17) is 17.0 Å². The van der Waals surface area contributed by atoms with E-state index in [9.17, 15) is 0 Å². The topological polar surface area (TPSA) is 58.5 Å². The Hall–Kier alpha value is -2.81. The van der Waals surface area contributed by atoms with Crippen molar-refractivity contribution in [2.75, 3.05) is 39.4 Å². The molecule has 5 rings (SSSR count). The fraction of sp³-hybridized carbons (Fsp3) is 0.423. The first-order chi connectivity index (χ1) is 16.5. The van der Waals surface area contributed by atoms with Crippen molar-refractivity contribution in [3.8, 4) is 5.82 Å². The molecule has 0 unspecified atom stereocenters. The van der Waals surface area contributed by atoms with Crippen LogP contribution in [0.1, 0.15) is 40.3 Å². The minimum absolute atomic E-state index is 0.0159. The number of aryl methyl sites for hydroxylation is 2. The number of nitrogens with zero attached hydrogens (tertiary/aromatic N) is 5. The number of ether oxygens (including phenoxy) is 1. The predicted molar refractivity (Wildman–Crippen MR) is 137 cm³/mol. The van der Waals surface area contributed by atoms with Crippen LogP contribution in [-0.4, -0.2) is 68.8 Å². The molecule has 34 heavy (non-hydrogen) atoms. The second-order valence-electron chi connectivity index (χ2n) is 9.13. The molecule has 3 aromatic heterocycles. The first-order valence-corrected chi connectivity index (χ1v) is 12.3. The number of hydrogen-bond acceptors (Lipinski definition) is 5. The number of morpholine rings is 1. The largest absolute Gasteiger partial charge is 0.379 e. The van der Waals surface area contributed by atoms with Gasteiger partial charge in [-0.15, -0.1) is 0 Å². The van der Waals surface area contributed by atoms with E-state index in [-0.39, 0.29) is 12.1 Å². The van der Waals surface area contributed by atoms with Gasteiger partial charge in [-0.3, -0.25) is 9.88 Å². The zero-order valence-corrected chi connectivity index (χ0v) is 20.9. The van der Waals surface area contributed by atoms with E-state index in [2.05, 4.69) is 68.6 Å². The van der Waals surface area contributed by atoms with Crippen molar-refractivity contribution < 1.29 is 4.74 Å². The lowest BCUT2D eigenvalue weighted by Gasteiger charge is -2.32. The normalized spacial score (nSPS) is 21.1. The zero-order chi connectivity index (χ0) is 23.7. The summed E-state index contributed by atoms with van der Waals surface area (Å²) in [5.74, 6) is 0.948. The zero-order valence-electron chi connectivity index (χ0n) is 20.1. The third-order valence-corrected chi connectivity index (χ3v) is 7.23. The van der Waals surface area contributed by atoms with Crippen LogP contribution in [0.3, 0.4) is 0 Å². The third-order valence-electron chi connectivity index (χ3n) is 6.88. The summed E-state index contributed by atoms with van der Waals surface area (Å²) in [6.07, 6.45) is 3.73. The van der Waals surface area contributed by atoms with Crippen molar-refractivity contribution in [3.05, 3.63) is 77.0 Å². The van der Waals surface area contributed by atoms with E-state index in [0.717, 1.165) is 61.7 Å². The highest BCUT2D eigenvalue weighted by Crippen LogP contribution is 2.41. The van der Waals surface area contributed by atoms with Crippen LogP contribution in [0.15, 0.2) is 48.8 Å². The molecule has 0 aliphatic carbocycles. The molecule has 0 bridgehead atoms. The molecule has 8 heteroatoms. The second kappa shape index (κ2) is 9.82. The van der Waals surface area contributed by atoms with Gasteiger partial charge in [0.25, 0.3) is 0 Å². The van der Waals surface area contributed by atoms with Crippen LogP contribution < -0.4 is 5.32 Å². The second-order valence-corrected chi connectivity index (χ2v) is 9.51. The van der Waals surface area contributed by atoms with E-state index in [1.807, 2.05) is 30.6 Å². The number of thiocarbonyl (C=S) groups is 1. The van der Waals surface area contributed by atoms with Crippen molar-refractivity contribution in [1.82, 2.24) is 29.7 Å². The maximum Gasteiger partial charge on any atom is 0.170 e. The van der Waals surface area contributed by atoms with Gasteiger partial charge >= 0.3 is 0 Å². The molecule has 2 aliphatic rings. The Labute approximate surface area is 206 Å². The molecule has 0 spiro atoms. The van der Waals surface area contributed by atoms with E-state index < -0.39 is 0 Å². The smallest absolute Gasteiger partial charge is 0.170 e. The SMILES string of the molecule is Cc1ccnc(-n2c(C)cc([C@H]3[C@H](c4ccccn4)NC(=S)N3CCN3CCOCC3)c2C)c1. The number of nitrogens with one attached hydrogen (secondary N) is 1. The number of aromatic nitrogens is 3. The minimum atomic E-state index is -0.0159. The molecule has 0 saturated carbocycles. The van der Waals surface area contributed by atoms with Crippen LogP contribution >= 0.6 is 12.2 Å². The molecule has 2 saturated heterocycles. The van der Waals surface area contributed by atoms with E-state index in [0.29, 0.717) is 0 Å². The average molecular weight is 477 g/mol. The molecule has 3 aromatic rings. The van der Waals surface area contributed by atoms with Gasteiger partial charge in [-0.1, -0.05) is 6.07 Å². The first-order valence-electron chi connectivity index (χ1n) is 11.9. The van der Waals surface area contributed by atoms with Gasteiger partial charge in [0.05, 0.1) is 31.0 Å². The standard InChI is InChI=1S/C26H32N6OS/c1-18-7-9-28-23(16-18)32-19(2)17-21(20(32)3)25-24(22-6-4-5-8-27-22)29-26(34)31(25)11-10-30-12-14-33-15-13-30/h4-9,16-17,24-25H,10-15H2,1-3H3,(H,29,34)/t24-,25-/m0/s1. The molecule has 2 aliphatic heterocycles. The van der Waals surface area contributed by atoms with Gasteiger partial charge in [-0.05, 0) is 74.4 Å². The van der Waals surface area contributed by atoms with Gasteiger partial charge in [0, 0.05) is 50.0 Å². The molecule has 0 amide bonds. The van der Waals surface area contributed by atoms with Crippen LogP contribution in [0.25, 0.3) is 5.82 Å². The van der Waals surface area contributed by atoms with Crippen LogP contribution in [-0.2, 0) is 4.74 Å². The summed E-state index contributed by atoms with van der Waals surface area (Å²) in [5.41, 5.74) is 5.80. The molecule has 2 atom stereocenters. The number of pyridine rings is 2. The van der Waals surface area contributed by atoms with Gasteiger partial charge in [0.1, 0.15) is 5.82 Å². The van der Waals surface area contributed by atoms with Crippen LogP contribution in [0.2, 0.25) is 0 Å². The molecule has 5 heterocycles. The number of hydrogen-bond donors (Lipinski definition) is 1. The lowest BCUT2D eigenvalue weighted by Crippen LogP contribution is -2.42. The lowest BCUT2D eigenvalue weighted by atomic mass is 9.97. The highest BCUT2D eigenvalue weighted by molar-refractivity contribution is 7.80. The van der Waals surface area contributed by atoms with Crippen LogP contribution in [0.4, 0.5) is 0 Å². The summed E-state index contributed by atoms with van der Waals surface area (Å²) in [5, 5.41) is 4.37. The maximum atomic E-state index is 5.88. The summed E-state index contributed by atoms with van der Waals surface area (Å²) in [7, 11) is 0. The summed E-state index contributed by atoms with van der Waals surface area (Å²) in [4.78, 5) is 14.1. The third kappa shape index (κ3) is 4.45. The number of rotatable bonds is 6. The Kier molecular flexibility index (Phi) is 6.63. The molecule has 178 valence electrons. The van der Waals surface area contributed by atoms with Crippen molar-refractivity contribution in [3.63, 3.8) is 0 Å². The molecule has 2 fully saturated rings. The maximum absolute atomic E-state index is 5.88. The van der Waals surface area contributed by atoms with E-state index >= 15 is 0 Å². The van der Waals surface area contributed by atoms with Gasteiger partial charge in [0.2, 0.25) is 0 Å². The Balaban J connectivity index is 1.52. The summed E-state index contributed by atoms with van der Waals surface area (Å²) >= 11 is 5.88. The monoisotopic (exact) mass is 476 g/mol. The van der Waals surface area contributed by atoms with Gasteiger partial charge in [0.15, 0.2) is 5.11 Å². The molecule has 1 N–H and O–H groups in total. The molecule has 0 radical (unpaired) electrons. The van der Waals surface area contributed by atoms with Gasteiger partial charge in [-0.2, -0.15) is 0 Å². The summed E-state index contributed by atoms with van der Waals surface area (Å²) < 4.78 is 7.78. The minimum Gasteiger partial charge on any atom is -0.379 e. The van der Waals surface area contributed by atoms with Crippen LogP contribution in [0.5, 0.6) is 0 Å². The van der Waals surface area contributed by atoms with E-state index in [1.165, 1.54) is 16.8 Å². The van der Waals surface area contributed by atoms with Crippen molar-refractivity contribution in [2.45, 2.75) is 32.9 Å². The highest BCUT2D eigenvalue weighted by atomic mass is 32.1. The van der Waals surface area contributed by atoms with Crippen molar-refractivity contribution in [2.24, 2.45) is 0 Å². The fourth-order valence-corrected chi connectivity index (χ4v) is 5.47. The Bertz CT molecular complexity index is 1160. The van der Waals surface area contributed by atoms with Gasteiger partial charge < -0.3 is 19.5 Å². The average Bonchev–Trinajstić information content (AvgIpc) is 3.33. The van der Waals surface area contributed by atoms with Crippen molar-refractivity contribution >= 4 is 17.3 Å². The van der Waals surface area contributed by atoms with Crippen molar-refractivity contribution in [1.29, 1.82) is 0 Å². The van der Waals surface area contributed by atoms with Crippen LogP contribution in [0, 0.1) is 20.8 Å². The lowest BCUT2D eigenvalue weighted by molar-refractivity contribution is 0.0350. The molecular formula is C26H32N6OS. The summed E-state index contributed by atoms with van der Waals surface area (Å²) in [6, 6.07) is 12.6. The summed E-state index contributed by atoms with van der Waals surface area (Å²) in [6.45, 7) is 11.8. The quantitative estimate of drug-likeness (QED) is 0.547. The van der Waals surface area contributed by atoms with E-state index in [1.54, 1.807) is 0 Å². The first kappa shape index (κ1) is 23.0. The predicted octanol–water partition coefficient (Wildman–Crippen LogP) is 3.50. The Morgan fingerprint density at radius 2 is 1.85 bits per heavy atom.